The first-order valence-electron chi connectivity index (χ1n) is 6.26. The molecule has 1 heterocycles. The van der Waals surface area contributed by atoms with E-state index in [0.29, 0.717) is 17.4 Å². The van der Waals surface area contributed by atoms with Crippen molar-refractivity contribution in [2.45, 2.75) is 13.0 Å². The Kier molecular flexibility index (Phi) is 5.19. The molecule has 1 aromatic heterocycles. The standard InChI is InChI=1S/C14H16BrN3O2S/c1-18(13(19)6-11-8-21-14(16)17-11)7-9-5-10(15)3-4-12(9)20-2/h3-5,8H,6-7H2,1-2H3,(H2,16,17). The maximum Gasteiger partial charge on any atom is 0.228 e. The van der Waals surface area contributed by atoms with Gasteiger partial charge in [0.2, 0.25) is 5.91 Å². The number of thiazole rings is 1. The lowest BCUT2D eigenvalue weighted by atomic mass is 10.2. The summed E-state index contributed by atoms with van der Waals surface area (Å²) in [6.45, 7) is 0.473. The lowest BCUT2D eigenvalue weighted by Gasteiger charge is -2.18. The number of hydrogen-bond acceptors (Lipinski definition) is 5. The van der Waals surface area contributed by atoms with E-state index < -0.39 is 0 Å². The fraction of sp³-hybridized carbons (Fsp3) is 0.286. The van der Waals surface area contributed by atoms with Crippen molar-refractivity contribution >= 4 is 38.3 Å². The molecule has 1 aromatic carbocycles. The van der Waals surface area contributed by atoms with Gasteiger partial charge in [-0.1, -0.05) is 15.9 Å². The minimum absolute atomic E-state index is 0.0117. The molecule has 0 atom stereocenters. The molecule has 2 aromatic rings. The van der Waals surface area contributed by atoms with Crippen molar-refractivity contribution in [2.24, 2.45) is 0 Å². The molecule has 0 unspecified atom stereocenters. The van der Waals surface area contributed by atoms with Crippen molar-refractivity contribution in [3.8, 4) is 5.75 Å². The van der Waals surface area contributed by atoms with Gasteiger partial charge in [0.25, 0.3) is 0 Å². The topological polar surface area (TPSA) is 68.5 Å². The third-order valence-electron chi connectivity index (χ3n) is 2.98. The first-order valence-corrected chi connectivity index (χ1v) is 7.93. The largest absolute Gasteiger partial charge is 0.496 e. The number of nitrogens with two attached hydrogens (primary N) is 1. The number of nitrogen functional groups attached to an aromatic ring is 1. The number of ether oxygens (including phenoxy) is 1. The monoisotopic (exact) mass is 369 g/mol. The SMILES string of the molecule is COc1ccc(Br)cc1CN(C)C(=O)Cc1csc(N)n1. The summed E-state index contributed by atoms with van der Waals surface area (Å²) in [6, 6.07) is 5.73. The number of rotatable bonds is 5. The molecule has 7 heteroatoms. The number of methoxy groups -OCH3 is 1. The first kappa shape index (κ1) is 15.8. The van der Waals surface area contributed by atoms with Gasteiger partial charge in [-0.2, -0.15) is 0 Å². The van der Waals surface area contributed by atoms with E-state index in [-0.39, 0.29) is 12.3 Å². The lowest BCUT2D eigenvalue weighted by molar-refractivity contribution is -0.129. The van der Waals surface area contributed by atoms with E-state index in [0.717, 1.165) is 15.8 Å². The number of carbonyl (C=O) groups is 1. The molecule has 21 heavy (non-hydrogen) atoms. The van der Waals surface area contributed by atoms with Crippen molar-refractivity contribution in [2.75, 3.05) is 19.9 Å². The van der Waals surface area contributed by atoms with Crippen LogP contribution in [-0.4, -0.2) is 29.9 Å². The summed E-state index contributed by atoms with van der Waals surface area (Å²) in [5.74, 6) is 0.748. The molecule has 0 spiro atoms. The summed E-state index contributed by atoms with van der Waals surface area (Å²) in [4.78, 5) is 18.0. The zero-order valence-corrected chi connectivity index (χ0v) is 14.2. The van der Waals surface area contributed by atoms with Gasteiger partial charge in [-0.3, -0.25) is 4.79 Å². The summed E-state index contributed by atoms with van der Waals surface area (Å²) in [6.07, 6.45) is 0.251. The first-order chi connectivity index (χ1) is 9.99. The Labute approximate surface area is 135 Å². The van der Waals surface area contributed by atoms with E-state index in [4.69, 9.17) is 10.5 Å². The zero-order chi connectivity index (χ0) is 15.4. The van der Waals surface area contributed by atoms with Crippen LogP contribution in [0, 0.1) is 0 Å². The van der Waals surface area contributed by atoms with Crippen LogP contribution in [0.15, 0.2) is 28.1 Å². The predicted molar refractivity (Wildman–Crippen MR) is 87.4 cm³/mol. The molecule has 0 saturated carbocycles. The van der Waals surface area contributed by atoms with Gasteiger partial charge in [0, 0.05) is 29.0 Å². The molecule has 5 nitrogen and oxygen atoms in total. The van der Waals surface area contributed by atoms with Gasteiger partial charge >= 0.3 is 0 Å². The number of amides is 1. The second-order valence-electron chi connectivity index (χ2n) is 4.56. The maximum absolute atomic E-state index is 12.2. The molecule has 1 amide bonds. The van der Waals surface area contributed by atoms with E-state index >= 15 is 0 Å². The number of likely N-dealkylation sites (N-methyl/N-ethyl adjacent to an activating group) is 1. The van der Waals surface area contributed by atoms with Gasteiger partial charge in [0.1, 0.15) is 5.75 Å². The fourth-order valence-corrected chi connectivity index (χ4v) is 2.88. The Bertz CT molecular complexity index is 645. The Morgan fingerprint density at radius 2 is 2.29 bits per heavy atom. The molecule has 0 aliphatic carbocycles. The van der Waals surface area contributed by atoms with E-state index in [2.05, 4.69) is 20.9 Å². The maximum atomic E-state index is 12.2. The number of anilines is 1. The summed E-state index contributed by atoms with van der Waals surface area (Å²) in [7, 11) is 3.38. The lowest BCUT2D eigenvalue weighted by Crippen LogP contribution is -2.28. The van der Waals surface area contributed by atoms with Crippen LogP contribution >= 0.6 is 27.3 Å². The van der Waals surface area contributed by atoms with Crippen LogP contribution in [0.1, 0.15) is 11.3 Å². The Hall–Kier alpha value is -1.60. The minimum atomic E-state index is -0.0117. The van der Waals surface area contributed by atoms with Gasteiger partial charge in [-0.15, -0.1) is 11.3 Å². The number of hydrogen-bond donors (Lipinski definition) is 1. The fourth-order valence-electron chi connectivity index (χ4n) is 1.91. The zero-order valence-electron chi connectivity index (χ0n) is 11.8. The summed E-state index contributed by atoms with van der Waals surface area (Å²) >= 11 is 4.77. The van der Waals surface area contributed by atoms with Crippen molar-refractivity contribution < 1.29 is 9.53 Å². The van der Waals surface area contributed by atoms with E-state index in [1.807, 2.05) is 18.2 Å². The highest BCUT2D eigenvalue weighted by molar-refractivity contribution is 9.10. The summed E-state index contributed by atoms with van der Waals surface area (Å²) < 4.78 is 6.27. The van der Waals surface area contributed by atoms with Crippen LogP contribution in [0.25, 0.3) is 0 Å². The number of carbonyl (C=O) groups excluding carboxylic acids is 1. The van der Waals surface area contributed by atoms with E-state index in [9.17, 15) is 4.79 Å². The van der Waals surface area contributed by atoms with Crippen LogP contribution in [-0.2, 0) is 17.8 Å². The molecule has 2 N–H and O–H groups in total. The minimum Gasteiger partial charge on any atom is -0.496 e. The number of aromatic nitrogens is 1. The van der Waals surface area contributed by atoms with Gasteiger partial charge in [-0.05, 0) is 18.2 Å². The molecule has 0 fully saturated rings. The predicted octanol–water partition coefficient (Wildman–Crippen LogP) is 2.70. The molecule has 0 bridgehead atoms. The molecule has 2 rings (SSSR count). The van der Waals surface area contributed by atoms with E-state index in [1.165, 1.54) is 11.3 Å². The quantitative estimate of drug-likeness (QED) is 0.879. The van der Waals surface area contributed by atoms with Crippen LogP contribution in [0.2, 0.25) is 0 Å². The van der Waals surface area contributed by atoms with Crippen molar-refractivity contribution in [3.05, 3.63) is 39.3 Å². The third-order valence-corrected chi connectivity index (χ3v) is 4.19. The number of benzene rings is 1. The Morgan fingerprint density at radius 3 is 2.90 bits per heavy atom. The average Bonchev–Trinajstić information content (AvgIpc) is 2.84. The molecule has 0 aliphatic heterocycles. The highest BCUT2D eigenvalue weighted by Gasteiger charge is 2.14. The number of nitrogens with zero attached hydrogens (tertiary/aromatic N) is 2. The average molecular weight is 370 g/mol. The third kappa shape index (κ3) is 4.18. The van der Waals surface area contributed by atoms with Crippen LogP contribution in [0.5, 0.6) is 5.75 Å². The summed E-state index contributed by atoms with van der Waals surface area (Å²) in [5.41, 5.74) is 7.22. The molecule has 0 radical (unpaired) electrons. The van der Waals surface area contributed by atoms with Crippen LogP contribution in [0.3, 0.4) is 0 Å². The number of halogens is 1. The van der Waals surface area contributed by atoms with E-state index in [1.54, 1.807) is 24.4 Å². The van der Waals surface area contributed by atoms with Crippen LogP contribution in [0.4, 0.5) is 5.13 Å². The molecular weight excluding hydrogens is 354 g/mol. The molecular formula is C14H16BrN3O2S. The second kappa shape index (κ2) is 6.91. The van der Waals surface area contributed by atoms with Gasteiger partial charge < -0.3 is 15.4 Å². The smallest absolute Gasteiger partial charge is 0.228 e. The molecule has 0 aliphatic rings. The van der Waals surface area contributed by atoms with Crippen molar-refractivity contribution in [1.29, 1.82) is 0 Å². The highest BCUT2D eigenvalue weighted by atomic mass is 79.9. The molecule has 112 valence electrons. The van der Waals surface area contributed by atoms with Crippen LogP contribution < -0.4 is 10.5 Å². The van der Waals surface area contributed by atoms with Crippen molar-refractivity contribution in [1.82, 2.24) is 9.88 Å². The van der Waals surface area contributed by atoms with Crippen molar-refractivity contribution in [3.63, 3.8) is 0 Å². The normalized spacial score (nSPS) is 10.4. The second-order valence-corrected chi connectivity index (χ2v) is 6.37. The summed E-state index contributed by atoms with van der Waals surface area (Å²) in [5, 5.41) is 2.29. The Morgan fingerprint density at radius 1 is 1.52 bits per heavy atom. The van der Waals surface area contributed by atoms with Gasteiger partial charge in [0.15, 0.2) is 5.13 Å². The van der Waals surface area contributed by atoms with Gasteiger partial charge in [-0.25, -0.2) is 4.98 Å². The highest BCUT2D eigenvalue weighted by Crippen LogP contribution is 2.24. The Balaban J connectivity index is 2.05. The molecule has 0 saturated heterocycles. The van der Waals surface area contributed by atoms with Gasteiger partial charge in [0.05, 0.1) is 19.2 Å².